The molecule has 3 rings (SSSR count). The van der Waals surface area contributed by atoms with Gasteiger partial charge in [-0.3, -0.25) is 0 Å². The van der Waals surface area contributed by atoms with Gasteiger partial charge in [0, 0.05) is 6.32 Å². The summed E-state index contributed by atoms with van der Waals surface area (Å²) in [5, 5.41) is 0. The molecular weight excluding hydrogens is 559 g/mol. The van der Waals surface area contributed by atoms with Crippen LogP contribution in [0.25, 0.3) is 0 Å². The number of hydrogen-bond acceptors (Lipinski definition) is 2. The van der Waals surface area contributed by atoms with Gasteiger partial charge in [-0.25, -0.2) is 0 Å². The maximum atomic E-state index is 7.06. The highest BCUT2D eigenvalue weighted by atomic mass is 16.6. The van der Waals surface area contributed by atoms with Crippen molar-refractivity contribution in [2.75, 3.05) is 0 Å². The van der Waals surface area contributed by atoms with Crippen LogP contribution >= 0.6 is 0 Å². The summed E-state index contributed by atoms with van der Waals surface area (Å²) < 4.78 is 14.1. The standard InChI is InChI=1S/C43H65BO2/c1-38(2,3)30-20-19-29(33(25-30)41(10,11)12)28-44(45-36-23-21-31(39(4,5)6)26-34(36)42(13,14)15)46-37-24-22-32(40(7,8)9)27-35(37)43(16,17)18/h19-27H,28H2,1-18H3. The Morgan fingerprint density at radius 2 is 0.696 bits per heavy atom. The fraction of sp³-hybridized carbons (Fsp3) is 0.581. The van der Waals surface area contributed by atoms with E-state index in [1.807, 2.05) is 0 Å². The van der Waals surface area contributed by atoms with Crippen molar-refractivity contribution in [2.24, 2.45) is 0 Å². The van der Waals surface area contributed by atoms with E-state index in [1.54, 1.807) is 0 Å². The molecule has 0 aliphatic carbocycles. The smallest absolute Gasteiger partial charge is 0.525 e. The van der Waals surface area contributed by atoms with Crippen molar-refractivity contribution < 1.29 is 9.31 Å². The molecule has 46 heavy (non-hydrogen) atoms. The molecule has 252 valence electrons. The average molecular weight is 625 g/mol. The Labute approximate surface area is 284 Å². The molecular formula is C43H65BO2. The largest absolute Gasteiger partial charge is 0.599 e. The molecule has 0 spiro atoms. The minimum Gasteiger partial charge on any atom is -0.525 e. The van der Waals surface area contributed by atoms with Crippen molar-refractivity contribution >= 4 is 7.12 Å². The summed E-state index contributed by atoms with van der Waals surface area (Å²) in [6.07, 6.45) is 0.631. The summed E-state index contributed by atoms with van der Waals surface area (Å²) in [7, 11) is -0.523. The van der Waals surface area contributed by atoms with Crippen LogP contribution in [0, 0.1) is 0 Å². The van der Waals surface area contributed by atoms with E-state index in [-0.39, 0.29) is 32.5 Å². The minimum absolute atomic E-state index is 0.0308. The molecule has 3 aromatic carbocycles. The average Bonchev–Trinajstić information content (AvgIpc) is 2.85. The molecule has 0 N–H and O–H groups in total. The van der Waals surface area contributed by atoms with Gasteiger partial charge in [0.15, 0.2) is 0 Å². The van der Waals surface area contributed by atoms with Crippen LogP contribution in [0.2, 0.25) is 0 Å². The van der Waals surface area contributed by atoms with Crippen molar-refractivity contribution in [2.45, 2.75) is 163 Å². The van der Waals surface area contributed by atoms with Crippen LogP contribution in [0.4, 0.5) is 0 Å². The minimum atomic E-state index is -0.523. The van der Waals surface area contributed by atoms with Crippen molar-refractivity contribution in [1.82, 2.24) is 0 Å². The summed E-state index contributed by atoms with van der Waals surface area (Å²) >= 11 is 0. The van der Waals surface area contributed by atoms with Crippen LogP contribution in [0.5, 0.6) is 11.5 Å². The van der Waals surface area contributed by atoms with Crippen molar-refractivity contribution in [3.63, 3.8) is 0 Å². The molecule has 0 unspecified atom stereocenters. The van der Waals surface area contributed by atoms with Gasteiger partial charge in [0.1, 0.15) is 11.5 Å². The summed E-state index contributed by atoms with van der Waals surface area (Å²) in [4.78, 5) is 0. The Kier molecular flexibility index (Phi) is 10.5. The molecule has 0 saturated carbocycles. The molecule has 0 aromatic heterocycles. The summed E-state index contributed by atoms with van der Waals surface area (Å²) in [5.74, 6) is 1.77. The highest BCUT2D eigenvalue weighted by Crippen LogP contribution is 2.39. The Balaban J connectivity index is 2.24. The van der Waals surface area contributed by atoms with Crippen molar-refractivity contribution in [3.05, 3.63) is 93.5 Å². The van der Waals surface area contributed by atoms with Gasteiger partial charge in [0.2, 0.25) is 0 Å². The monoisotopic (exact) mass is 625 g/mol. The number of rotatable bonds is 6. The van der Waals surface area contributed by atoms with E-state index in [4.69, 9.17) is 9.31 Å². The highest BCUT2D eigenvalue weighted by molar-refractivity contribution is 6.46. The van der Waals surface area contributed by atoms with E-state index in [0.717, 1.165) is 11.5 Å². The fourth-order valence-electron chi connectivity index (χ4n) is 5.86. The molecule has 0 bridgehead atoms. The van der Waals surface area contributed by atoms with Crippen LogP contribution in [-0.4, -0.2) is 7.12 Å². The lowest BCUT2D eigenvalue weighted by atomic mass is 9.71. The van der Waals surface area contributed by atoms with Crippen LogP contribution in [0.3, 0.4) is 0 Å². The lowest BCUT2D eigenvalue weighted by molar-refractivity contribution is 0.400. The third-order valence-corrected chi connectivity index (χ3v) is 8.99. The van der Waals surface area contributed by atoms with E-state index in [2.05, 4.69) is 179 Å². The maximum absolute atomic E-state index is 7.06. The second-order valence-corrected chi connectivity index (χ2v) is 19.7. The fourth-order valence-corrected chi connectivity index (χ4v) is 5.86. The quantitative estimate of drug-likeness (QED) is 0.254. The van der Waals surface area contributed by atoms with Gasteiger partial charge in [0.05, 0.1) is 0 Å². The Morgan fingerprint density at radius 3 is 1.00 bits per heavy atom. The maximum Gasteiger partial charge on any atom is 0.599 e. The summed E-state index contributed by atoms with van der Waals surface area (Å²) in [6.45, 7) is 41.0. The molecule has 0 radical (unpaired) electrons. The molecule has 0 aliphatic rings. The molecule has 0 amide bonds. The van der Waals surface area contributed by atoms with Gasteiger partial charge in [-0.05, 0) is 83.6 Å². The van der Waals surface area contributed by atoms with E-state index in [9.17, 15) is 0 Å². The second-order valence-electron chi connectivity index (χ2n) is 19.7. The van der Waals surface area contributed by atoms with Gasteiger partial charge >= 0.3 is 7.12 Å². The zero-order valence-corrected chi connectivity index (χ0v) is 32.8. The normalized spacial score (nSPS) is 13.5. The van der Waals surface area contributed by atoms with Gasteiger partial charge in [0.25, 0.3) is 0 Å². The predicted octanol–water partition coefficient (Wildman–Crippen LogP) is 12.2. The molecule has 0 heterocycles. The Hall–Kier alpha value is -2.68. The van der Waals surface area contributed by atoms with Crippen molar-refractivity contribution in [1.29, 1.82) is 0 Å². The lowest BCUT2D eigenvalue weighted by Crippen LogP contribution is -2.36. The molecule has 0 aliphatic heterocycles. The lowest BCUT2D eigenvalue weighted by Gasteiger charge is -2.31. The van der Waals surface area contributed by atoms with Gasteiger partial charge in [-0.2, -0.15) is 0 Å². The van der Waals surface area contributed by atoms with Crippen LogP contribution in [-0.2, 0) is 38.8 Å². The zero-order valence-electron chi connectivity index (χ0n) is 32.8. The van der Waals surface area contributed by atoms with Gasteiger partial charge in [-0.15, -0.1) is 0 Å². The molecule has 2 nitrogen and oxygen atoms in total. The Bertz CT molecular complexity index is 1320. The molecule has 0 saturated heterocycles. The molecule has 3 aromatic rings. The molecule has 0 fully saturated rings. The van der Waals surface area contributed by atoms with Crippen LogP contribution < -0.4 is 9.31 Å². The second kappa shape index (κ2) is 12.7. The van der Waals surface area contributed by atoms with E-state index < -0.39 is 7.12 Å². The van der Waals surface area contributed by atoms with E-state index in [0.29, 0.717) is 6.32 Å². The first-order valence-electron chi connectivity index (χ1n) is 17.4. The third kappa shape index (κ3) is 9.45. The number of benzene rings is 3. The molecule has 3 heteroatoms. The van der Waals surface area contributed by atoms with Crippen LogP contribution in [0.15, 0.2) is 54.6 Å². The SMILES string of the molecule is CC(C)(C)c1ccc(CB(Oc2ccc(C(C)(C)C)cc2C(C)(C)C)Oc2ccc(C(C)(C)C)cc2C(C)(C)C)c(C(C)(C)C)c1. The first-order valence-corrected chi connectivity index (χ1v) is 17.4. The first kappa shape index (κ1) is 37.8. The topological polar surface area (TPSA) is 18.5 Å². The molecule has 0 atom stereocenters. The predicted molar refractivity (Wildman–Crippen MR) is 202 cm³/mol. The van der Waals surface area contributed by atoms with E-state index >= 15 is 0 Å². The summed E-state index contributed by atoms with van der Waals surface area (Å²) in [5.41, 5.74) is 8.89. The zero-order chi connectivity index (χ0) is 35.3. The van der Waals surface area contributed by atoms with Gasteiger partial charge in [-0.1, -0.05) is 167 Å². The number of hydrogen-bond donors (Lipinski definition) is 0. The van der Waals surface area contributed by atoms with Gasteiger partial charge < -0.3 is 9.31 Å². The van der Waals surface area contributed by atoms with Crippen LogP contribution in [0.1, 0.15) is 164 Å². The van der Waals surface area contributed by atoms with E-state index in [1.165, 1.54) is 38.9 Å². The third-order valence-electron chi connectivity index (χ3n) is 8.99. The Morgan fingerprint density at radius 1 is 0.391 bits per heavy atom. The summed E-state index contributed by atoms with van der Waals surface area (Å²) in [6, 6.07) is 20.5. The van der Waals surface area contributed by atoms with Crippen molar-refractivity contribution in [3.8, 4) is 11.5 Å². The first-order chi connectivity index (χ1) is 20.6. The highest BCUT2D eigenvalue weighted by Gasteiger charge is 2.34.